The molecule has 34 heavy (non-hydrogen) atoms. The molecule has 2 aromatic carbocycles. The van der Waals surface area contributed by atoms with Crippen molar-refractivity contribution in [1.29, 1.82) is 0 Å². The Morgan fingerprint density at radius 2 is 1.94 bits per heavy atom. The minimum absolute atomic E-state index is 0.0950. The maximum Gasteiger partial charge on any atom is 0.266 e. The van der Waals surface area contributed by atoms with Crippen LogP contribution in [0.3, 0.4) is 0 Å². The monoisotopic (exact) mass is 495 g/mol. The van der Waals surface area contributed by atoms with Crippen molar-refractivity contribution in [2.45, 2.75) is 33.1 Å². The van der Waals surface area contributed by atoms with E-state index in [1.165, 1.54) is 17.8 Å². The minimum Gasteiger partial charge on any atom is -0.491 e. The number of amides is 1. The van der Waals surface area contributed by atoms with Crippen LogP contribution in [0.25, 0.3) is 23.0 Å². The zero-order chi connectivity index (χ0) is 24.1. The van der Waals surface area contributed by atoms with E-state index in [-0.39, 0.29) is 11.7 Å². The molecule has 1 aliphatic rings. The van der Waals surface area contributed by atoms with Crippen molar-refractivity contribution < 1.29 is 13.9 Å². The fraction of sp³-hybridized carbons (Fsp3) is 0.269. The van der Waals surface area contributed by atoms with E-state index in [4.69, 9.17) is 22.1 Å². The highest BCUT2D eigenvalue weighted by molar-refractivity contribution is 8.26. The number of thiocarbonyl (C=S) groups is 1. The van der Waals surface area contributed by atoms with Crippen molar-refractivity contribution in [3.8, 4) is 22.7 Å². The number of hydrogen-bond acceptors (Lipinski definition) is 5. The van der Waals surface area contributed by atoms with Crippen molar-refractivity contribution in [1.82, 2.24) is 14.7 Å². The SMILES string of the molecule is CCCCCN1C(=O)C(=Cc2cn(-c3ccccc3)nc2-c2ccc(OCC)c(F)c2)SC1=S. The number of ether oxygens (including phenoxy) is 1. The summed E-state index contributed by atoms with van der Waals surface area (Å²) in [5.41, 5.74) is 2.74. The molecule has 0 aliphatic carbocycles. The Morgan fingerprint density at radius 1 is 1.15 bits per heavy atom. The molecule has 1 saturated heterocycles. The Labute approximate surface area is 208 Å². The van der Waals surface area contributed by atoms with Crippen molar-refractivity contribution in [2.24, 2.45) is 0 Å². The first-order chi connectivity index (χ1) is 16.5. The summed E-state index contributed by atoms with van der Waals surface area (Å²) in [6.45, 7) is 4.94. The maximum absolute atomic E-state index is 14.6. The molecule has 176 valence electrons. The molecule has 3 aromatic rings. The first-order valence-corrected chi connectivity index (χ1v) is 12.6. The minimum atomic E-state index is -0.457. The fourth-order valence-electron chi connectivity index (χ4n) is 3.70. The maximum atomic E-state index is 14.6. The molecule has 2 heterocycles. The van der Waals surface area contributed by atoms with Crippen LogP contribution in [-0.2, 0) is 4.79 Å². The Morgan fingerprint density at radius 3 is 2.65 bits per heavy atom. The molecular weight excluding hydrogens is 469 g/mol. The van der Waals surface area contributed by atoms with Crippen LogP contribution in [0, 0.1) is 5.82 Å². The van der Waals surface area contributed by atoms with Crippen LogP contribution in [-0.4, -0.2) is 38.1 Å². The highest BCUT2D eigenvalue weighted by Crippen LogP contribution is 2.35. The van der Waals surface area contributed by atoms with E-state index >= 15 is 0 Å². The first kappa shape index (κ1) is 24.2. The molecule has 8 heteroatoms. The second-order valence-electron chi connectivity index (χ2n) is 7.83. The summed E-state index contributed by atoms with van der Waals surface area (Å²) in [5.74, 6) is -0.354. The quantitative estimate of drug-likeness (QED) is 0.193. The first-order valence-electron chi connectivity index (χ1n) is 11.3. The molecule has 5 nitrogen and oxygen atoms in total. The van der Waals surface area contributed by atoms with Crippen LogP contribution in [0.15, 0.2) is 59.6 Å². The van der Waals surface area contributed by atoms with Crippen LogP contribution in [0.4, 0.5) is 4.39 Å². The lowest BCUT2D eigenvalue weighted by atomic mass is 10.1. The molecule has 1 aliphatic heterocycles. The van der Waals surface area contributed by atoms with Crippen molar-refractivity contribution in [3.05, 3.63) is 71.0 Å². The van der Waals surface area contributed by atoms with Crippen LogP contribution in [0.1, 0.15) is 38.7 Å². The van der Waals surface area contributed by atoms with Crippen molar-refractivity contribution in [3.63, 3.8) is 0 Å². The molecule has 0 N–H and O–H groups in total. The van der Waals surface area contributed by atoms with Gasteiger partial charge in [-0.15, -0.1) is 0 Å². The number of rotatable bonds is 9. The van der Waals surface area contributed by atoms with Gasteiger partial charge in [0.15, 0.2) is 11.6 Å². The average Bonchev–Trinajstić information content (AvgIpc) is 3.37. The molecule has 0 spiro atoms. The molecule has 1 aromatic heterocycles. The Bertz CT molecular complexity index is 1220. The van der Waals surface area contributed by atoms with Gasteiger partial charge in [-0.3, -0.25) is 9.69 Å². The number of halogens is 1. The van der Waals surface area contributed by atoms with Gasteiger partial charge in [0, 0.05) is 23.9 Å². The summed E-state index contributed by atoms with van der Waals surface area (Å²) in [7, 11) is 0. The molecular formula is C26H26FN3O2S2. The topological polar surface area (TPSA) is 47.4 Å². The van der Waals surface area contributed by atoms with Gasteiger partial charge in [-0.05, 0) is 49.8 Å². The van der Waals surface area contributed by atoms with E-state index in [0.717, 1.165) is 24.9 Å². The number of aromatic nitrogens is 2. The van der Waals surface area contributed by atoms with Gasteiger partial charge in [-0.2, -0.15) is 5.10 Å². The standard InChI is InChI=1S/C26H26FN3O2S2/c1-3-5-9-14-29-25(31)23(34-26(29)33)16-19-17-30(20-10-7-6-8-11-20)28-24(19)18-12-13-22(32-4-2)21(27)15-18/h6-8,10-13,15-17H,3-5,9,14H2,1-2H3. The second kappa shape index (κ2) is 11.0. The van der Waals surface area contributed by atoms with Gasteiger partial charge in [0.25, 0.3) is 5.91 Å². The van der Waals surface area contributed by atoms with Gasteiger partial charge in [0.1, 0.15) is 10.0 Å². The van der Waals surface area contributed by atoms with E-state index in [2.05, 4.69) is 6.92 Å². The van der Waals surface area contributed by atoms with Crippen LogP contribution >= 0.6 is 24.0 Å². The van der Waals surface area contributed by atoms with E-state index < -0.39 is 5.82 Å². The number of thioether (sulfide) groups is 1. The smallest absolute Gasteiger partial charge is 0.266 e. The van der Waals surface area contributed by atoms with Crippen molar-refractivity contribution >= 4 is 40.3 Å². The third-order valence-electron chi connectivity index (χ3n) is 5.41. The van der Waals surface area contributed by atoms with Crippen molar-refractivity contribution in [2.75, 3.05) is 13.2 Å². The van der Waals surface area contributed by atoms with Gasteiger partial charge in [0.05, 0.1) is 17.2 Å². The number of hydrogen-bond donors (Lipinski definition) is 0. The molecule has 0 saturated carbocycles. The second-order valence-corrected chi connectivity index (χ2v) is 9.51. The Kier molecular flexibility index (Phi) is 7.80. The highest BCUT2D eigenvalue weighted by Gasteiger charge is 2.32. The molecule has 0 atom stereocenters. The van der Waals surface area contributed by atoms with Crippen LogP contribution in [0.2, 0.25) is 0 Å². The molecule has 0 unspecified atom stereocenters. The molecule has 1 amide bonds. The normalized spacial score (nSPS) is 14.9. The van der Waals surface area contributed by atoms with E-state index in [1.807, 2.05) is 43.5 Å². The lowest BCUT2D eigenvalue weighted by Crippen LogP contribution is -2.28. The summed E-state index contributed by atoms with van der Waals surface area (Å²) in [6.07, 6.45) is 6.69. The lowest BCUT2D eigenvalue weighted by molar-refractivity contribution is -0.122. The highest BCUT2D eigenvalue weighted by atomic mass is 32.2. The number of benzene rings is 2. The van der Waals surface area contributed by atoms with E-state index in [1.54, 1.807) is 27.8 Å². The number of nitrogens with zero attached hydrogens (tertiary/aromatic N) is 3. The molecule has 4 rings (SSSR count). The number of unbranched alkanes of at least 4 members (excludes halogenated alkanes) is 2. The predicted octanol–water partition coefficient (Wildman–Crippen LogP) is 6.47. The summed E-state index contributed by atoms with van der Waals surface area (Å²) in [5, 5.41) is 4.73. The summed E-state index contributed by atoms with van der Waals surface area (Å²) < 4.78 is 22.3. The number of carbonyl (C=O) groups excluding carboxylic acids is 1. The van der Waals surface area contributed by atoms with Gasteiger partial charge in [-0.25, -0.2) is 9.07 Å². The van der Waals surface area contributed by atoms with E-state index in [9.17, 15) is 9.18 Å². The molecule has 0 radical (unpaired) electrons. The molecule has 0 bridgehead atoms. The third kappa shape index (κ3) is 5.23. The number of carbonyl (C=O) groups is 1. The fourth-order valence-corrected chi connectivity index (χ4v) is 5.00. The zero-order valence-electron chi connectivity index (χ0n) is 19.2. The average molecular weight is 496 g/mol. The van der Waals surface area contributed by atoms with Gasteiger partial charge < -0.3 is 4.74 Å². The zero-order valence-corrected chi connectivity index (χ0v) is 20.8. The summed E-state index contributed by atoms with van der Waals surface area (Å²) in [4.78, 5) is 15.3. The van der Waals surface area contributed by atoms with E-state index in [0.29, 0.717) is 39.2 Å². The predicted molar refractivity (Wildman–Crippen MR) is 140 cm³/mol. The van der Waals surface area contributed by atoms with Gasteiger partial charge in [-0.1, -0.05) is 61.9 Å². The summed E-state index contributed by atoms with van der Waals surface area (Å²) >= 11 is 6.76. The van der Waals surface area contributed by atoms with Crippen LogP contribution in [0.5, 0.6) is 5.75 Å². The lowest BCUT2D eigenvalue weighted by Gasteiger charge is -2.13. The third-order valence-corrected chi connectivity index (χ3v) is 6.79. The van der Waals surface area contributed by atoms with Crippen LogP contribution < -0.4 is 4.74 Å². The molecule has 1 fully saturated rings. The van der Waals surface area contributed by atoms with Gasteiger partial charge in [0.2, 0.25) is 0 Å². The Balaban J connectivity index is 1.73. The summed E-state index contributed by atoms with van der Waals surface area (Å²) in [6, 6.07) is 14.4. The Hall–Kier alpha value is -2.97. The number of para-hydroxylation sites is 1. The largest absolute Gasteiger partial charge is 0.491 e. The van der Waals surface area contributed by atoms with Gasteiger partial charge >= 0.3 is 0 Å².